The molecule has 2 aromatic heterocycles. The molecule has 0 aliphatic heterocycles. The molecule has 0 aliphatic carbocycles. The molecule has 1 atom stereocenters. The van der Waals surface area contributed by atoms with Crippen LogP contribution in [0.25, 0.3) is 11.0 Å². The highest BCUT2D eigenvalue weighted by molar-refractivity contribution is 5.87. The highest BCUT2D eigenvalue weighted by Gasteiger charge is 2.07. The molecule has 0 saturated heterocycles. The Morgan fingerprint density at radius 2 is 2.23 bits per heavy atom. The predicted molar refractivity (Wildman–Crippen MR) is 88.0 cm³/mol. The Morgan fingerprint density at radius 1 is 1.45 bits per heavy atom. The molecule has 1 amide bonds. The number of nitrogens with one attached hydrogen (secondary N) is 2. The number of aryl methyl sites for hydroxylation is 1. The summed E-state index contributed by atoms with van der Waals surface area (Å²) in [5.74, 6) is -0.0118. The molecule has 2 aromatic rings. The highest BCUT2D eigenvalue weighted by Crippen LogP contribution is 2.18. The lowest BCUT2D eigenvalue weighted by Crippen LogP contribution is -2.30. The Labute approximate surface area is 129 Å². The van der Waals surface area contributed by atoms with Crippen LogP contribution in [0.3, 0.4) is 0 Å². The number of carbonyl (C=O) groups is 1. The van der Waals surface area contributed by atoms with Crippen LogP contribution >= 0.6 is 0 Å². The second kappa shape index (κ2) is 7.06. The first-order valence-electron chi connectivity index (χ1n) is 7.45. The summed E-state index contributed by atoms with van der Waals surface area (Å²) >= 11 is 0. The number of pyridine rings is 2. The van der Waals surface area contributed by atoms with E-state index in [4.69, 9.17) is 0 Å². The summed E-state index contributed by atoms with van der Waals surface area (Å²) in [5, 5.41) is 6.13. The molecule has 0 spiro atoms. The molecule has 0 fully saturated rings. The Morgan fingerprint density at radius 3 is 2.95 bits per heavy atom. The fourth-order valence-electron chi connectivity index (χ4n) is 2.47. The first-order chi connectivity index (χ1) is 10.5. The average Bonchev–Trinajstić information content (AvgIpc) is 2.47. The van der Waals surface area contributed by atoms with Crippen LogP contribution in [0.4, 0.5) is 5.69 Å². The number of hydrogen-bond acceptors (Lipinski definition) is 4. The van der Waals surface area contributed by atoms with E-state index < -0.39 is 0 Å². The van der Waals surface area contributed by atoms with Gasteiger partial charge in [0, 0.05) is 38.8 Å². The predicted octanol–water partition coefficient (Wildman–Crippen LogP) is 1.65. The van der Waals surface area contributed by atoms with E-state index in [-0.39, 0.29) is 17.5 Å². The van der Waals surface area contributed by atoms with E-state index in [1.807, 2.05) is 19.1 Å². The summed E-state index contributed by atoms with van der Waals surface area (Å²) in [6, 6.07) is 5.43. The molecule has 6 heteroatoms. The minimum atomic E-state index is -0.0605. The van der Waals surface area contributed by atoms with Gasteiger partial charge in [-0.05, 0) is 31.9 Å². The standard InChI is InChI=1S/C16H22N4O2/c1-11(19-12(2)21)6-4-8-17-13-10-15(22)20(3)14-7-5-9-18-16(13)14/h5,7,9-11,17H,4,6,8H2,1-3H3,(H,19,21). The molecule has 0 radical (unpaired) electrons. The smallest absolute Gasteiger partial charge is 0.252 e. The number of nitrogens with zero attached hydrogens (tertiary/aromatic N) is 2. The highest BCUT2D eigenvalue weighted by atomic mass is 16.1. The van der Waals surface area contributed by atoms with Gasteiger partial charge in [-0.1, -0.05) is 0 Å². The molecule has 0 aromatic carbocycles. The third-order valence-electron chi connectivity index (χ3n) is 3.58. The van der Waals surface area contributed by atoms with Crippen LogP contribution in [0.15, 0.2) is 29.2 Å². The van der Waals surface area contributed by atoms with E-state index >= 15 is 0 Å². The third-order valence-corrected chi connectivity index (χ3v) is 3.58. The number of anilines is 1. The summed E-state index contributed by atoms with van der Waals surface area (Å²) in [6.07, 6.45) is 3.49. The summed E-state index contributed by atoms with van der Waals surface area (Å²) in [6.45, 7) is 4.23. The Balaban J connectivity index is 2.02. The second-order valence-electron chi connectivity index (χ2n) is 5.50. The van der Waals surface area contributed by atoms with Gasteiger partial charge in [0.1, 0.15) is 5.52 Å². The SMILES string of the molecule is CC(=O)NC(C)CCCNc1cc(=O)n(C)c2cccnc12. The first kappa shape index (κ1) is 16.0. The van der Waals surface area contributed by atoms with Crippen molar-refractivity contribution in [3.63, 3.8) is 0 Å². The minimum absolute atomic E-state index is 0.0118. The fourth-order valence-corrected chi connectivity index (χ4v) is 2.47. The summed E-state index contributed by atoms with van der Waals surface area (Å²) in [4.78, 5) is 27.3. The number of aromatic nitrogens is 2. The van der Waals surface area contributed by atoms with Crippen molar-refractivity contribution < 1.29 is 4.79 Å². The van der Waals surface area contributed by atoms with Crippen molar-refractivity contribution in [3.05, 3.63) is 34.7 Å². The topological polar surface area (TPSA) is 76.0 Å². The number of rotatable bonds is 6. The molecule has 1 unspecified atom stereocenters. The molecular weight excluding hydrogens is 280 g/mol. The zero-order valence-corrected chi connectivity index (χ0v) is 13.2. The van der Waals surface area contributed by atoms with Crippen LogP contribution in [0.1, 0.15) is 26.7 Å². The summed E-state index contributed by atoms with van der Waals surface area (Å²) in [7, 11) is 1.74. The molecule has 118 valence electrons. The van der Waals surface area contributed by atoms with E-state index in [9.17, 15) is 9.59 Å². The molecule has 2 N–H and O–H groups in total. The van der Waals surface area contributed by atoms with Crippen LogP contribution in [0, 0.1) is 0 Å². The summed E-state index contributed by atoms with van der Waals surface area (Å²) in [5.41, 5.74) is 2.30. The van der Waals surface area contributed by atoms with Gasteiger partial charge in [-0.2, -0.15) is 0 Å². The maximum Gasteiger partial charge on any atom is 0.252 e. The lowest BCUT2D eigenvalue weighted by atomic mass is 10.2. The Kier molecular flexibility index (Phi) is 5.14. The lowest BCUT2D eigenvalue weighted by Gasteiger charge is -2.14. The van der Waals surface area contributed by atoms with E-state index in [2.05, 4.69) is 15.6 Å². The van der Waals surface area contributed by atoms with Crippen molar-refractivity contribution in [2.75, 3.05) is 11.9 Å². The normalized spacial score (nSPS) is 12.1. The van der Waals surface area contributed by atoms with E-state index in [0.717, 1.165) is 36.1 Å². The molecule has 22 heavy (non-hydrogen) atoms. The van der Waals surface area contributed by atoms with Crippen molar-refractivity contribution >= 4 is 22.6 Å². The molecule has 0 aliphatic rings. The second-order valence-corrected chi connectivity index (χ2v) is 5.50. The van der Waals surface area contributed by atoms with Gasteiger partial charge >= 0.3 is 0 Å². The van der Waals surface area contributed by atoms with Crippen molar-refractivity contribution in [2.45, 2.75) is 32.7 Å². The van der Waals surface area contributed by atoms with Gasteiger partial charge in [0.05, 0.1) is 11.2 Å². The minimum Gasteiger partial charge on any atom is -0.383 e. The first-order valence-corrected chi connectivity index (χ1v) is 7.45. The zero-order chi connectivity index (χ0) is 16.1. The van der Waals surface area contributed by atoms with Gasteiger partial charge in [-0.25, -0.2) is 0 Å². The van der Waals surface area contributed by atoms with Gasteiger partial charge < -0.3 is 15.2 Å². The van der Waals surface area contributed by atoms with Crippen molar-refractivity contribution in [1.82, 2.24) is 14.9 Å². The molecule has 2 rings (SSSR count). The quantitative estimate of drug-likeness (QED) is 0.796. The Bertz CT molecular complexity index is 724. The van der Waals surface area contributed by atoms with Crippen LogP contribution in [-0.2, 0) is 11.8 Å². The average molecular weight is 302 g/mol. The number of amides is 1. The largest absolute Gasteiger partial charge is 0.383 e. The Hall–Kier alpha value is -2.37. The van der Waals surface area contributed by atoms with Crippen LogP contribution in [0.5, 0.6) is 0 Å². The number of fused-ring (bicyclic) bond motifs is 1. The van der Waals surface area contributed by atoms with Gasteiger partial charge in [0.25, 0.3) is 5.56 Å². The zero-order valence-electron chi connectivity index (χ0n) is 13.2. The van der Waals surface area contributed by atoms with Crippen LogP contribution in [-0.4, -0.2) is 28.0 Å². The van der Waals surface area contributed by atoms with Crippen molar-refractivity contribution in [3.8, 4) is 0 Å². The lowest BCUT2D eigenvalue weighted by molar-refractivity contribution is -0.119. The number of carbonyl (C=O) groups excluding carboxylic acids is 1. The van der Waals surface area contributed by atoms with E-state index in [1.54, 1.807) is 23.9 Å². The maximum atomic E-state index is 12.0. The molecule has 2 heterocycles. The third kappa shape index (κ3) is 3.84. The van der Waals surface area contributed by atoms with Crippen LogP contribution < -0.4 is 16.2 Å². The van der Waals surface area contributed by atoms with Crippen molar-refractivity contribution in [2.24, 2.45) is 7.05 Å². The van der Waals surface area contributed by atoms with Gasteiger partial charge in [0.15, 0.2) is 0 Å². The van der Waals surface area contributed by atoms with Gasteiger partial charge in [-0.3, -0.25) is 14.6 Å². The number of hydrogen-bond donors (Lipinski definition) is 2. The maximum absolute atomic E-state index is 12.0. The molecule has 6 nitrogen and oxygen atoms in total. The van der Waals surface area contributed by atoms with E-state index in [0.29, 0.717) is 0 Å². The van der Waals surface area contributed by atoms with Gasteiger partial charge in [0.2, 0.25) is 5.91 Å². The van der Waals surface area contributed by atoms with E-state index in [1.165, 1.54) is 6.92 Å². The fraction of sp³-hybridized carbons (Fsp3) is 0.438. The molecule has 0 bridgehead atoms. The molecular formula is C16H22N4O2. The molecule has 0 saturated carbocycles. The summed E-state index contributed by atoms with van der Waals surface area (Å²) < 4.78 is 1.59. The van der Waals surface area contributed by atoms with Gasteiger partial charge in [-0.15, -0.1) is 0 Å². The van der Waals surface area contributed by atoms with Crippen molar-refractivity contribution in [1.29, 1.82) is 0 Å². The van der Waals surface area contributed by atoms with Crippen LogP contribution in [0.2, 0.25) is 0 Å². The monoisotopic (exact) mass is 302 g/mol.